The number of carbonyl (C=O) groups excluding carboxylic acids is 3. The SMILES string of the molecule is CSCCC(N)C(=O)NCC(=O)NC(Cc1cnc[nH]1)C(=O)NC(CCCCN)C(=O)O. The molecule has 1 heterocycles. The first-order chi connectivity index (χ1) is 15.3. The lowest BCUT2D eigenvalue weighted by atomic mass is 10.1. The molecule has 0 radical (unpaired) electrons. The molecule has 3 unspecified atom stereocenters. The van der Waals surface area contributed by atoms with Gasteiger partial charge in [-0.15, -0.1) is 0 Å². The second-order valence-corrected chi connectivity index (χ2v) is 8.18. The van der Waals surface area contributed by atoms with Gasteiger partial charge in [-0.1, -0.05) is 0 Å². The Kier molecular flexibility index (Phi) is 13.0. The smallest absolute Gasteiger partial charge is 0.326 e. The monoisotopic (exact) mass is 471 g/mol. The van der Waals surface area contributed by atoms with Crippen LogP contribution >= 0.6 is 11.8 Å². The number of aromatic amines is 1. The van der Waals surface area contributed by atoms with Crippen LogP contribution in [0.15, 0.2) is 12.5 Å². The van der Waals surface area contributed by atoms with Gasteiger partial charge in [0.1, 0.15) is 12.1 Å². The lowest BCUT2D eigenvalue weighted by Gasteiger charge is -2.21. The van der Waals surface area contributed by atoms with Crippen molar-refractivity contribution in [2.75, 3.05) is 25.1 Å². The largest absolute Gasteiger partial charge is 0.480 e. The molecule has 3 atom stereocenters. The van der Waals surface area contributed by atoms with Gasteiger partial charge in [-0.3, -0.25) is 14.4 Å². The number of amides is 3. The van der Waals surface area contributed by atoms with E-state index in [4.69, 9.17) is 11.5 Å². The van der Waals surface area contributed by atoms with Gasteiger partial charge in [0, 0.05) is 18.3 Å². The molecule has 0 saturated carbocycles. The van der Waals surface area contributed by atoms with Crippen LogP contribution in [-0.4, -0.2) is 82.0 Å². The highest BCUT2D eigenvalue weighted by Gasteiger charge is 2.27. The standard InChI is InChI=1S/C19H33N7O5S/c1-32-7-5-13(21)17(28)23-10-16(27)25-15(8-12-9-22-11-24-12)18(29)26-14(19(30)31)4-2-3-6-20/h9,11,13-15H,2-8,10,20-21H2,1H3,(H,22,24)(H,23,28)(H,25,27)(H,26,29)(H,30,31). The van der Waals surface area contributed by atoms with Crippen molar-refractivity contribution in [3.05, 3.63) is 18.2 Å². The number of carboxylic acid groups (broad SMARTS) is 1. The van der Waals surface area contributed by atoms with Crippen molar-refractivity contribution in [1.82, 2.24) is 25.9 Å². The number of carboxylic acids is 1. The summed E-state index contributed by atoms with van der Waals surface area (Å²) in [6.45, 7) is 0.0584. The summed E-state index contributed by atoms with van der Waals surface area (Å²) in [5.74, 6) is -2.19. The number of nitrogens with two attached hydrogens (primary N) is 2. The van der Waals surface area contributed by atoms with Gasteiger partial charge in [0.05, 0.1) is 18.9 Å². The number of aromatic nitrogens is 2. The lowest BCUT2D eigenvalue weighted by molar-refractivity contribution is -0.142. The van der Waals surface area contributed by atoms with Crippen LogP contribution in [0.4, 0.5) is 0 Å². The van der Waals surface area contributed by atoms with Gasteiger partial charge in [0.25, 0.3) is 0 Å². The molecule has 0 aromatic carbocycles. The van der Waals surface area contributed by atoms with Crippen molar-refractivity contribution >= 4 is 35.5 Å². The van der Waals surface area contributed by atoms with E-state index in [-0.39, 0.29) is 19.4 Å². The van der Waals surface area contributed by atoms with E-state index in [9.17, 15) is 24.3 Å². The predicted molar refractivity (Wildman–Crippen MR) is 121 cm³/mol. The van der Waals surface area contributed by atoms with Crippen molar-refractivity contribution in [2.45, 2.75) is 50.2 Å². The number of carbonyl (C=O) groups is 4. The van der Waals surface area contributed by atoms with E-state index in [1.54, 1.807) is 11.8 Å². The number of aliphatic carboxylic acids is 1. The van der Waals surface area contributed by atoms with Crippen LogP contribution in [0.2, 0.25) is 0 Å². The zero-order chi connectivity index (χ0) is 23.9. The first kappa shape index (κ1) is 27.4. The summed E-state index contributed by atoms with van der Waals surface area (Å²) >= 11 is 1.56. The number of hydrogen-bond acceptors (Lipinski definition) is 8. The average molecular weight is 472 g/mol. The molecule has 0 fully saturated rings. The molecule has 1 aromatic heterocycles. The fourth-order valence-electron chi connectivity index (χ4n) is 2.77. The topological polar surface area (TPSA) is 205 Å². The highest BCUT2D eigenvalue weighted by Crippen LogP contribution is 2.04. The van der Waals surface area contributed by atoms with E-state index in [2.05, 4.69) is 25.9 Å². The predicted octanol–water partition coefficient (Wildman–Crippen LogP) is -1.67. The van der Waals surface area contributed by atoms with Crippen molar-refractivity contribution in [1.29, 1.82) is 0 Å². The molecule has 0 aliphatic rings. The van der Waals surface area contributed by atoms with Gasteiger partial charge in [-0.05, 0) is 44.2 Å². The van der Waals surface area contributed by atoms with E-state index in [1.807, 2.05) is 6.26 Å². The van der Waals surface area contributed by atoms with Gasteiger partial charge < -0.3 is 37.5 Å². The third-order valence-corrected chi connectivity index (χ3v) is 5.23. The summed E-state index contributed by atoms with van der Waals surface area (Å²) in [7, 11) is 0. The van der Waals surface area contributed by atoms with Crippen LogP contribution in [-0.2, 0) is 25.6 Å². The molecule has 12 nitrogen and oxygen atoms in total. The number of nitrogens with one attached hydrogen (secondary N) is 4. The molecule has 32 heavy (non-hydrogen) atoms. The Labute approximate surface area is 191 Å². The minimum absolute atomic E-state index is 0.0634. The molecule has 0 aliphatic carbocycles. The molecule has 13 heteroatoms. The summed E-state index contributed by atoms with van der Waals surface area (Å²) in [5.41, 5.74) is 11.8. The van der Waals surface area contributed by atoms with Gasteiger partial charge in [-0.25, -0.2) is 9.78 Å². The summed E-state index contributed by atoms with van der Waals surface area (Å²) in [6.07, 6.45) is 6.74. The Morgan fingerprint density at radius 2 is 1.91 bits per heavy atom. The third-order valence-electron chi connectivity index (χ3n) is 4.59. The van der Waals surface area contributed by atoms with Crippen LogP contribution in [0.3, 0.4) is 0 Å². The van der Waals surface area contributed by atoms with Crippen molar-refractivity contribution in [2.24, 2.45) is 11.5 Å². The van der Waals surface area contributed by atoms with Crippen molar-refractivity contribution in [3.8, 4) is 0 Å². The number of H-pyrrole nitrogens is 1. The zero-order valence-corrected chi connectivity index (χ0v) is 19.0. The normalized spacial score (nSPS) is 13.6. The number of hydrogen-bond donors (Lipinski definition) is 7. The second kappa shape index (κ2) is 15.2. The Morgan fingerprint density at radius 1 is 1.16 bits per heavy atom. The Hall–Kier alpha value is -2.64. The van der Waals surface area contributed by atoms with Gasteiger partial charge >= 0.3 is 5.97 Å². The first-order valence-corrected chi connectivity index (χ1v) is 11.7. The summed E-state index contributed by atoms with van der Waals surface area (Å²) in [6, 6.07) is -2.91. The Morgan fingerprint density at radius 3 is 2.50 bits per heavy atom. The molecule has 0 bridgehead atoms. The van der Waals surface area contributed by atoms with Crippen LogP contribution < -0.4 is 27.4 Å². The van der Waals surface area contributed by atoms with E-state index in [0.29, 0.717) is 37.3 Å². The van der Waals surface area contributed by atoms with Gasteiger partial charge in [0.15, 0.2) is 0 Å². The minimum Gasteiger partial charge on any atom is -0.480 e. The minimum atomic E-state index is -1.17. The van der Waals surface area contributed by atoms with Crippen LogP contribution in [0.25, 0.3) is 0 Å². The molecule has 9 N–H and O–H groups in total. The molecule has 1 rings (SSSR count). The van der Waals surface area contributed by atoms with E-state index >= 15 is 0 Å². The third kappa shape index (κ3) is 10.6. The maximum absolute atomic E-state index is 12.8. The number of unbranched alkanes of at least 4 members (excludes halogenated alkanes) is 1. The van der Waals surface area contributed by atoms with Crippen molar-refractivity contribution < 1.29 is 24.3 Å². The van der Waals surface area contributed by atoms with Gasteiger partial charge in [-0.2, -0.15) is 11.8 Å². The molecule has 1 aromatic rings. The highest BCUT2D eigenvalue weighted by atomic mass is 32.2. The number of nitrogens with zero attached hydrogens (tertiary/aromatic N) is 1. The Balaban J connectivity index is 2.72. The molecule has 180 valence electrons. The number of thioether (sulfide) groups is 1. The number of rotatable bonds is 16. The maximum atomic E-state index is 12.8. The average Bonchev–Trinajstić information content (AvgIpc) is 3.27. The summed E-state index contributed by atoms with van der Waals surface area (Å²) in [5, 5.41) is 16.8. The Bertz CT molecular complexity index is 732. The fourth-order valence-corrected chi connectivity index (χ4v) is 3.26. The van der Waals surface area contributed by atoms with E-state index in [1.165, 1.54) is 12.5 Å². The van der Waals surface area contributed by atoms with Crippen molar-refractivity contribution in [3.63, 3.8) is 0 Å². The highest BCUT2D eigenvalue weighted by molar-refractivity contribution is 7.98. The van der Waals surface area contributed by atoms with Crippen LogP contribution in [0.5, 0.6) is 0 Å². The zero-order valence-electron chi connectivity index (χ0n) is 18.1. The second-order valence-electron chi connectivity index (χ2n) is 7.19. The molecular weight excluding hydrogens is 438 g/mol. The van der Waals surface area contributed by atoms with Gasteiger partial charge in [0.2, 0.25) is 17.7 Å². The van der Waals surface area contributed by atoms with Crippen LogP contribution in [0, 0.1) is 0 Å². The fraction of sp³-hybridized carbons (Fsp3) is 0.632. The molecular formula is C19H33N7O5S. The summed E-state index contributed by atoms with van der Waals surface area (Å²) in [4.78, 5) is 55.3. The maximum Gasteiger partial charge on any atom is 0.326 e. The summed E-state index contributed by atoms with van der Waals surface area (Å²) < 4.78 is 0. The molecule has 0 saturated heterocycles. The molecule has 0 spiro atoms. The van der Waals surface area contributed by atoms with E-state index in [0.717, 1.165) is 0 Å². The quantitative estimate of drug-likeness (QED) is 0.137. The number of imidazole rings is 1. The molecule has 0 aliphatic heterocycles. The molecule has 3 amide bonds. The lowest BCUT2D eigenvalue weighted by Crippen LogP contribution is -2.54. The van der Waals surface area contributed by atoms with E-state index < -0.39 is 41.8 Å². The first-order valence-electron chi connectivity index (χ1n) is 10.3. The van der Waals surface area contributed by atoms with Crippen LogP contribution in [0.1, 0.15) is 31.4 Å².